The molecule has 5 heteroatoms. The number of anilines is 1. The van der Waals surface area contributed by atoms with Crippen LogP contribution in [0.25, 0.3) is 0 Å². The van der Waals surface area contributed by atoms with Crippen LogP contribution in [0.4, 0.5) is 5.82 Å². The molecule has 0 bridgehead atoms. The van der Waals surface area contributed by atoms with Gasteiger partial charge in [0.15, 0.2) is 0 Å². The van der Waals surface area contributed by atoms with Crippen molar-refractivity contribution >= 4 is 11.7 Å². The second-order valence-electron chi connectivity index (χ2n) is 3.71. The molecule has 5 nitrogen and oxygen atoms in total. The van der Waals surface area contributed by atoms with Crippen molar-refractivity contribution < 1.29 is 4.79 Å². The molecule has 2 rings (SSSR count). The number of hydrogen-bond acceptors (Lipinski definition) is 3. The summed E-state index contributed by atoms with van der Waals surface area (Å²) < 4.78 is 1.70. The molecule has 0 spiro atoms. The van der Waals surface area contributed by atoms with Crippen LogP contribution in [0.3, 0.4) is 0 Å². The van der Waals surface area contributed by atoms with Crippen LogP contribution in [0.5, 0.6) is 0 Å². The number of carbonyl (C=O) groups is 1. The molecule has 14 heavy (non-hydrogen) atoms. The largest absolute Gasteiger partial charge is 0.382 e. The van der Waals surface area contributed by atoms with E-state index in [1.807, 2.05) is 7.05 Å². The molecule has 0 atom stereocenters. The molecule has 76 valence electrons. The molecule has 1 aromatic heterocycles. The van der Waals surface area contributed by atoms with Crippen molar-refractivity contribution in [3.8, 4) is 0 Å². The van der Waals surface area contributed by atoms with Gasteiger partial charge >= 0.3 is 0 Å². The van der Waals surface area contributed by atoms with Crippen molar-refractivity contribution in [2.24, 2.45) is 0 Å². The molecule has 1 aromatic rings. The fourth-order valence-electron chi connectivity index (χ4n) is 1.40. The lowest BCUT2D eigenvalue weighted by molar-refractivity contribution is -0.131. The molecule has 0 unspecified atom stereocenters. The van der Waals surface area contributed by atoms with E-state index in [9.17, 15) is 4.79 Å². The molecule has 1 aliphatic rings. The Bertz CT molecular complexity index is 342. The molecule has 2 N–H and O–H groups in total. The molecule has 0 saturated heterocycles. The SMILES string of the molecule is CN(C(=O)Cn1cnc(N)c1)C1CC1. The van der Waals surface area contributed by atoms with Gasteiger partial charge in [-0.1, -0.05) is 0 Å². The van der Waals surface area contributed by atoms with Gasteiger partial charge in [-0.25, -0.2) is 4.98 Å². The van der Waals surface area contributed by atoms with E-state index < -0.39 is 0 Å². The number of nitrogen functional groups attached to an aromatic ring is 1. The van der Waals surface area contributed by atoms with Gasteiger partial charge in [-0.05, 0) is 12.8 Å². The fourth-order valence-corrected chi connectivity index (χ4v) is 1.40. The summed E-state index contributed by atoms with van der Waals surface area (Å²) >= 11 is 0. The number of hydrogen-bond donors (Lipinski definition) is 1. The van der Waals surface area contributed by atoms with E-state index in [4.69, 9.17) is 5.73 Å². The van der Waals surface area contributed by atoms with Gasteiger partial charge in [0.2, 0.25) is 5.91 Å². The standard InChI is InChI=1S/C9H14N4O/c1-12(7-2-3-7)9(14)5-13-4-8(10)11-6-13/h4,6-7H,2-3,5,10H2,1H3. The van der Waals surface area contributed by atoms with E-state index in [1.165, 1.54) is 0 Å². The average molecular weight is 194 g/mol. The predicted molar refractivity (Wildman–Crippen MR) is 52.4 cm³/mol. The third-order valence-electron chi connectivity index (χ3n) is 2.46. The summed E-state index contributed by atoms with van der Waals surface area (Å²) in [6.07, 6.45) is 5.51. The van der Waals surface area contributed by atoms with Gasteiger partial charge in [0.05, 0.1) is 6.33 Å². The first-order valence-corrected chi connectivity index (χ1v) is 4.69. The summed E-state index contributed by atoms with van der Waals surface area (Å²) in [5.41, 5.74) is 5.45. The average Bonchev–Trinajstić information content (AvgIpc) is 2.91. The Morgan fingerprint density at radius 3 is 3.00 bits per heavy atom. The highest BCUT2D eigenvalue weighted by Gasteiger charge is 2.29. The number of nitrogens with two attached hydrogens (primary N) is 1. The third kappa shape index (κ3) is 1.86. The van der Waals surface area contributed by atoms with Gasteiger partial charge in [-0.2, -0.15) is 0 Å². The topological polar surface area (TPSA) is 64.2 Å². The molecule has 0 aromatic carbocycles. The Labute approximate surface area is 82.5 Å². The van der Waals surface area contributed by atoms with Crippen LogP contribution in [0.15, 0.2) is 12.5 Å². The zero-order valence-corrected chi connectivity index (χ0v) is 8.18. The maximum Gasteiger partial charge on any atom is 0.242 e. The predicted octanol–water partition coefficient (Wildman–Crippen LogP) is 0.0861. The maximum absolute atomic E-state index is 11.6. The second kappa shape index (κ2) is 3.32. The minimum Gasteiger partial charge on any atom is -0.382 e. The molecule has 0 aliphatic heterocycles. The maximum atomic E-state index is 11.6. The van der Waals surface area contributed by atoms with Crippen LogP contribution in [0, 0.1) is 0 Å². The van der Waals surface area contributed by atoms with Crippen LogP contribution in [0.1, 0.15) is 12.8 Å². The first-order valence-electron chi connectivity index (χ1n) is 4.69. The first kappa shape index (κ1) is 9.05. The number of aromatic nitrogens is 2. The summed E-state index contributed by atoms with van der Waals surface area (Å²) in [4.78, 5) is 17.3. The Kier molecular flexibility index (Phi) is 2.15. The Morgan fingerprint density at radius 2 is 2.50 bits per heavy atom. The first-order chi connectivity index (χ1) is 6.66. The van der Waals surface area contributed by atoms with Gasteiger partial charge < -0.3 is 15.2 Å². The number of carbonyl (C=O) groups excluding carboxylic acids is 1. The molecule has 1 saturated carbocycles. The number of nitrogens with zero attached hydrogens (tertiary/aromatic N) is 3. The minimum absolute atomic E-state index is 0.116. The van der Waals surface area contributed by atoms with Gasteiger partial charge in [-0.3, -0.25) is 4.79 Å². The normalized spacial score (nSPS) is 15.5. The quantitative estimate of drug-likeness (QED) is 0.741. The van der Waals surface area contributed by atoms with Crippen LogP contribution in [-0.4, -0.2) is 33.4 Å². The van der Waals surface area contributed by atoms with E-state index in [-0.39, 0.29) is 5.91 Å². The van der Waals surface area contributed by atoms with E-state index in [2.05, 4.69) is 4.98 Å². The summed E-state index contributed by atoms with van der Waals surface area (Å²) in [5, 5.41) is 0. The van der Waals surface area contributed by atoms with Gasteiger partial charge in [0.1, 0.15) is 12.4 Å². The number of amides is 1. The Hall–Kier alpha value is -1.52. The molecule has 1 heterocycles. The fraction of sp³-hybridized carbons (Fsp3) is 0.556. The lowest BCUT2D eigenvalue weighted by atomic mass is 10.4. The highest BCUT2D eigenvalue weighted by atomic mass is 16.2. The molecule has 1 aliphatic carbocycles. The number of imidazole rings is 1. The van der Waals surface area contributed by atoms with Crippen LogP contribution < -0.4 is 5.73 Å². The van der Waals surface area contributed by atoms with Gasteiger partial charge in [0, 0.05) is 19.3 Å². The highest BCUT2D eigenvalue weighted by molar-refractivity contribution is 5.76. The van der Waals surface area contributed by atoms with Crippen molar-refractivity contribution in [1.82, 2.24) is 14.5 Å². The summed E-state index contributed by atoms with van der Waals surface area (Å²) in [6.45, 7) is 0.331. The number of likely N-dealkylation sites (N-methyl/N-ethyl adjacent to an activating group) is 1. The Balaban J connectivity index is 1.93. The zero-order chi connectivity index (χ0) is 10.1. The second-order valence-corrected chi connectivity index (χ2v) is 3.71. The molecule has 1 fully saturated rings. The van der Waals surface area contributed by atoms with E-state index >= 15 is 0 Å². The summed E-state index contributed by atoms with van der Waals surface area (Å²) in [5.74, 6) is 0.566. The zero-order valence-electron chi connectivity index (χ0n) is 8.18. The molecular formula is C9H14N4O. The van der Waals surface area contributed by atoms with Crippen LogP contribution in [-0.2, 0) is 11.3 Å². The van der Waals surface area contributed by atoms with Gasteiger partial charge in [-0.15, -0.1) is 0 Å². The molecular weight excluding hydrogens is 180 g/mol. The third-order valence-corrected chi connectivity index (χ3v) is 2.46. The smallest absolute Gasteiger partial charge is 0.242 e. The van der Waals surface area contributed by atoms with Crippen molar-refractivity contribution in [1.29, 1.82) is 0 Å². The summed E-state index contributed by atoms with van der Waals surface area (Å²) in [7, 11) is 1.85. The van der Waals surface area contributed by atoms with Crippen molar-refractivity contribution in [3.05, 3.63) is 12.5 Å². The summed E-state index contributed by atoms with van der Waals surface area (Å²) in [6, 6.07) is 0.461. The molecule has 0 radical (unpaired) electrons. The Morgan fingerprint density at radius 1 is 1.79 bits per heavy atom. The van der Waals surface area contributed by atoms with Crippen LogP contribution in [0.2, 0.25) is 0 Å². The van der Waals surface area contributed by atoms with E-state index in [0.717, 1.165) is 12.8 Å². The van der Waals surface area contributed by atoms with E-state index in [0.29, 0.717) is 18.4 Å². The van der Waals surface area contributed by atoms with E-state index in [1.54, 1.807) is 22.0 Å². The lowest BCUT2D eigenvalue weighted by Gasteiger charge is -2.15. The minimum atomic E-state index is 0.116. The molecule has 1 amide bonds. The number of rotatable bonds is 3. The van der Waals surface area contributed by atoms with Crippen molar-refractivity contribution in [3.63, 3.8) is 0 Å². The lowest BCUT2D eigenvalue weighted by Crippen LogP contribution is -2.31. The van der Waals surface area contributed by atoms with Gasteiger partial charge in [0.25, 0.3) is 0 Å². The highest BCUT2D eigenvalue weighted by Crippen LogP contribution is 2.25. The van der Waals surface area contributed by atoms with Crippen molar-refractivity contribution in [2.75, 3.05) is 12.8 Å². The van der Waals surface area contributed by atoms with Crippen LogP contribution >= 0.6 is 0 Å². The van der Waals surface area contributed by atoms with Crippen molar-refractivity contribution in [2.45, 2.75) is 25.4 Å². The monoisotopic (exact) mass is 194 g/mol.